The van der Waals surface area contributed by atoms with E-state index in [9.17, 15) is 14.4 Å². The first-order valence-electron chi connectivity index (χ1n) is 6.48. The highest BCUT2D eigenvalue weighted by Crippen LogP contribution is 2.28. The molecule has 108 valence electrons. The molecule has 0 saturated heterocycles. The monoisotopic (exact) mass is 271 g/mol. The fourth-order valence-corrected chi connectivity index (χ4v) is 1.48. The molecule has 0 unspecified atom stereocenters. The second-order valence-electron chi connectivity index (χ2n) is 4.84. The van der Waals surface area contributed by atoms with Gasteiger partial charge in [-0.2, -0.15) is 0 Å². The van der Waals surface area contributed by atoms with Gasteiger partial charge in [0.25, 0.3) is 5.91 Å². The molecule has 1 saturated carbocycles. The van der Waals surface area contributed by atoms with E-state index < -0.39 is 18.0 Å². The smallest absolute Gasteiger partial charge is 0.407 e. The van der Waals surface area contributed by atoms with E-state index in [1.807, 2.05) is 0 Å². The molecule has 7 heteroatoms. The first kappa shape index (κ1) is 15.3. The van der Waals surface area contributed by atoms with E-state index in [0.29, 0.717) is 0 Å². The van der Waals surface area contributed by atoms with Gasteiger partial charge in [-0.25, -0.2) is 4.79 Å². The summed E-state index contributed by atoms with van der Waals surface area (Å²) in [6, 6.07) is -0.751. The van der Waals surface area contributed by atoms with Gasteiger partial charge in [0.15, 0.2) is 0 Å². The molecule has 19 heavy (non-hydrogen) atoms. The Hall–Kier alpha value is -1.79. The van der Waals surface area contributed by atoms with Crippen LogP contribution in [0.5, 0.6) is 0 Å². The summed E-state index contributed by atoms with van der Waals surface area (Å²) in [5, 5.41) is 2.46. The van der Waals surface area contributed by atoms with Gasteiger partial charge in [0, 0.05) is 5.92 Å². The van der Waals surface area contributed by atoms with Gasteiger partial charge in [-0.3, -0.25) is 20.4 Å². The molecule has 0 radical (unpaired) electrons. The summed E-state index contributed by atoms with van der Waals surface area (Å²) in [6.45, 7) is 5.49. The lowest BCUT2D eigenvalue weighted by Gasteiger charge is -2.21. The van der Waals surface area contributed by atoms with Crippen LogP contribution in [0.15, 0.2) is 0 Å². The van der Waals surface area contributed by atoms with Crippen LogP contribution >= 0.6 is 0 Å². The lowest BCUT2D eigenvalue weighted by atomic mass is 10.0. The molecule has 1 atom stereocenters. The zero-order valence-electron chi connectivity index (χ0n) is 11.5. The molecular weight excluding hydrogens is 250 g/mol. The third-order valence-corrected chi connectivity index (χ3v) is 2.75. The quantitative estimate of drug-likeness (QED) is 0.627. The summed E-state index contributed by atoms with van der Waals surface area (Å²) >= 11 is 0. The lowest BCUT2D eigenvalue weighted by Crippen LogP contribution is -2.54. The van der Waals surface area contributed by atoms with Crippen LogP contribution in [-0.2, 0) is 14.3 Å². The highest BCUT2D eigenvalue weighted by Gasteiger charge is 2.31. The van der Waals surface area contributed by atoms with Crippen LogP contribution in [-0.4, -0.2) is 30.6 Å². The van der Waals surface area contributed by atoms with Gasteiger partial charge in [-0.05, 0) is 25.7 Å². The Balaban J connectivity index is 2.42. The minimum atomic E-state index is -0.751. The number of carbonyl (C=O) groups is 3. The molecule has 1 aliphatic carbocycles. The van der Waals surface area contributed by atoms with E-state index in [-0.39, 0.29) is 24.3 Å². The first-order chi connectivity index (χ1) is 8.95. The van der Waals surface area contributed by atoms with Crippen molar-refractivity contribution in [2.45, 2.75) is 39.7 Å². The van der Waals surface area contributed by atoms with Crippen LogP contribution in [0.2, 0.25) is 0 Å². The van der Waals surface area contributed by atoms with Gasteiger partial charge in [-0.15, -0.1) is 0 Å². The van der Waals surface area contributed by atoms with E-state index in [1.165, 1.54) is 0 Å². The average Bonchev–Trinajstić information content (AvgIpc) is 3.16. The number of amides is 3. The maximum absolute atomic E-state index is 11.9. The van der Waals surface area contributed by atoms with Crippen molar-refractivity contribution in [3.05, 3.63) is 0 Å². The molecule has 7 nitrogen and oxygen atoms in total. The van der Waals surface area contributed by atoms with Crippen molar-refractivity contribution in [2.75, 3.05) is 6.61 Å². The highest BCUT2D eigenvalue weighted by atomic mass is 16.5. The van der Waals surface area contributed by atoms with Crippen molar-refractivity contribution in [3.8, 4) is 0 Å². The Kier molecular flexibility index (Phi) is 5.59. The van der Waals surface area contributed by atoms with E-state index in [0.717, 1.165) is 12.8 Å². The minimum absolute atomic E-state index is 0.0100. The van der Waals surface area contributed by atoms with Crippen molar-refractivity contribution >= 4 is 17.9 Å². The summed E-state index contributed by atoms with van der Waals surface area (Å²) in [5.74, 6) is -0.762. The van der Waals surface area contributed by atoms with Crippen LogP contribution in [0.1, 0.15) is 33.6 Å². The van der Waals surface area contributed by atoms with Crippen LogP contribution in [0, 0.1) is 11.8 Å². The fraction of sp³-hybridized carbons (Fsp3) is 0.750. The molecule has 0 aromatic heterocycles. The van der Waals surface area contributed by atoms with Crippen LogP contribution < -0.4 is 16.2 Å². The normalized spacial score (nSPS) is 15.6. The Bertz CT molecular complexity index is 353. The van der Waals surface area contributed by atoms with E-state index >= 15 is 0 Å². The molecule has 3 N–H and O–H groups in total. The standard InChI is InChI=1S/C12H21N3O4/c1-4-19-12(18)13-9(7(2)3)11(17)15-14-10(16)8-5-6-8/h7-9H,4-6H2,1-3H3,(H,13,18)(H,14,16)(H,15,17)/t9-/m1/s1. The van der Waals surface area contributed by atoms with Crippen LogP contribution in [0.3, 0.4) is 0 Å². The van der Waals surface area contributed by atoms with E-state index in [1.54, 1.807) is 20.8 Å². The molecule has 0 aromatic carbocycles. The lowest BCUT2D eigenvalue weighted by molar-refractivity contribution is -0.131. The van der Waals surface area contributed by atoms with Crippen molar-refractivity contribution in [1.82, 2.24) is 16.2 Å². The number of nitrogens with one attached hydrogen (secondary N) is 3. The number of ether oxygens (including phenoxy) is 1. The summed E-state index contributed by atoms with van der Waals surface area (Å²) < 4.78 is 4.73. The van der Waals surface area contributed by atoms with Gasteiger partial charge in [-0.1, -0.05) is 13.8 Å². The van der Waals surface area contributed by atoms with E-state index in [2.05, 4.69) is 16.2 Å². The van der Waals surface area contributed by atoms with E-state index in [4.69, 9.17) is 4.74 Å². The predicted molar refractivity (Wildman–Crippen MR) is 67.8 cm³/mol. The molecule has 1 fully saturated rings. The highest BCUT2D eigenvalue weighted by molar-refractivity contribution is 5.89. The number of alkyl carbamates (subject to hydrolysis) is 1. The topological polar surface area (TPSA) is 96.5 Å². The molecule has 1 aliphatic rings. The number of carbonyl (C=O) groups excluding carboxylic acids is 3. The third-order valence-electron chi connectivity index (χ3n) is 2.75. The van der Waals surface area contributed by atoms with Crippen molar-refractivity contribution < 1.29 is 19.1 Å². The molecular formula is C12H21N3O4. The average molecular weight is 271 g/mol. The predicted octanol–water partition coefficient (Wildman–Crippen LogP) is 0.315. The molecule has 3 amide bonds. The molecule has 0 heterocycles. The summed E-state index contributed by atoms with van der Waals surface area (Å²) in [5.41, 5.74) is 4.68. The van der Waals surface area contributed by atoms with Gasteiger partial charge < -0.3 is 10.1 Å². The first-order valence-corrected chi connectivity index (χ1v) is 6.48. The second kappa shape index (κ2) is 6.96. The Labute approximate surface area is 112 Å². The molecule has 0 aliphatic heterocycles. The van der Waals surface area contributed by atoms with Gasteiger partial charge in [0.1, 0.15) is 6.04 Å². The second-order valence-corrected chi connectivity index (χ2v) is 4.84. The molecule has 1 rings (SSSR count). The molecule has 0 spiro atoms. The minimum Gasteiger partial charge on any atom is -0.450 e. The molecule has 0 bridgehead atoms. The summed E-state index contributed by atoms with van der Waals surface area (Å²) in [7, 11) is 0. The van der Waals surface area contributed by atoms with Gasteiger partial charge in [0.05, 0.1) is 6.61 Å². The largest absolute Gasteiger partial charge is 0.450 e. The van der Waals surface area contributed by atoms with Crippen molar-refractivity contribution in [2.24, 2.45) is 11.8 Å². The Morgan fingerprint density at radius 2 is 1.84 bits per heavy atom. The van der Waals surface area contributed by atoms with Crippen molar-refractivity contribution in [1.29, 1.82) is 0 Å². The fourth-order valence-electron chi connectivity index (χ4n) is 1.48. The Morgan fingerprint density at radius 1 is 1.21 bits per heavy atom. The zero-order chi connectivity index (χ0) is 14.4. The maximum atomic E-state index is 11.9. The number of hydrogen-bond donors (Lipinski definition) is 3. The number of hydrazine groups is 1. The van der Waals surface area contributed by atoms with Gasteiger partial charge >= 0.3 is 6.09 Å². The third kappa shape index (κ3) is 5.15. The van der Waals surface area contributed by atoms with Crippen LogP contribution in [0.4, 0.5) is 4.79 Å². The Morgan fingerprint density at radius 3 is 2.32 bits per heavy atom. The maximum Gasteiger partial charge on any atom is 0.407 e. The molecule has 0 aromatic rings. The SMILES string of the molecule is CCOC(=O)N[C@@H](C(=O)NNC(=O)C1CC1)C(C)C. The van der Waals surface area contributed by atoms with Crippen LogP contribution in [0.25, 0.3) is 0 Å². The summed E-state index contributed by atoms with van der Waals surface area (Å²) in [4.78, 5) is 34.6. The zero-order valence-corrected chi connectivity index (χ0v) is 11.5. The summed E-state index contributed by atoms with van der Waals surface area (Å²) in [6.07, 6.45) is 1.07. The van der Waals surface area contributed by atoms with Gasteiger partial charge in [0.2, 0.25) is 5.91 Å². The number of rotatable bonds is 5. The van der Waals surface area contributed by atoms with Crippen molar-refractivity contribution in [3.63, 3.8) is 0 Å². The number of hydrogen-bond acceptors (Lipinski definition) is 4.